The van der Waals surface area contributed by atoms with Gasteiger partial charge in [0.05, 0.1) is 0 Å². The number of anilines is 1. The van der Waals surface area contributed by atoms with E-state index in [9.17, 15) is 0 Å². The van der Waals surface area contributed by atoms with Crippen molar-refractivity contribution in [3.63, 3.8) is 0 Å². The average Bonchev–Trinajstić information content (AvgIpc) is 2.28. The molecule has 1 saturated carbocycles. The highest BCUT2D eigenvalue weighted by Gasteiger charge is 2.27. The van der Waals surface area contributed by atoms with Crippen molar-refractivity contribution in [1.82, 2.24) is 9.97 Å². The van der Waals surface area contributed by atoms with Gasteiger partial charge in [-0.2, -0.15) is 0 Å². The first-order valence-electron chi connectivity index (χ1n) is 6.22. The Kier molecular flexibility index (Phi) is 3.92. The highest BCUT2D eigenvalue weighted by molar-refractivity contribution is 7.98. The van der Waals surface area contributed by atoms with Crippen molar-refractivity contribution in [3.8, 4) is 0 Å². The Hall–Kier alpha value is -0.770. The van der Waals surface area contributed by atoms with Crippen LogP contribution in [0.15, 0.2) is 17.4 Å². The van der Waals surface area contributed by atoms with E-state index < -0.39 is 0 Å². The maximum atomic E-state index is 4.29. The summed E-state index contributed by atoms with van der Waals surface area (Å²) in [5.41, 5.74) is 0.464. The molecule has 4 heteroatoms. The van der Waals surface area contributed by atoms with E-state index in [1.165, 1.54) is 25.7 Å². The van der Waals surface area contributed by atoms with Crippen LogP contribution < -0.4 is 5.32 Å². The number of hydrogen-bond acceptors (Lipinski definition) is 4. The molecule has 0 radical (unpaired) electrons. The lowest BCUT2D eigenvalue weighted by Gasteiger charge is -2.35. The summed E-state index contributed by atoms with van der Waals surface area (Å²) >= 11 is 1.65. The van der Waals surface area contributed by atoms with Crippen molar-refractivity contribution in [2.75, 3.05) is 11.6 Å². The van der Waals surface area contributed by atoms with Crippen LogP contribution in [0, 0.1) is 5.41 Å². The lowest BCUT2D eigenvalue weighted by atomic mass is 9.75. The number of rotatable bonds is 3. The smallest absolute Gasteiger partial charge is 0.130 e. The number of hydrogen-bond donors (Lipinski definition) is 1. The quantitative estimate of drug-likeness (QED) is 0.658. The molecule has 1 N–H and O–H groups in total. The maximum Gasteiger partial charge on any atom is 0.130 e. The largest absolute Gasteiger partial charge is 0.367 e. The van der Waals surface area contributed by atoms with E-state index in [0.29, 0.717) is 11.5 Å². The fraction of sp³-hybridized carbons (Fsp3) is 0.692. The molecule has 17 heavy (non-hydrogen) atoms. The Morgan fingerprint density at radius 2 is 2.24 bits per heavy atom. The lowest BCUT2D eigenvalue weighted by Crippen LogP contribution is -2.32. The molecule has 0 spiro atoms. The second-order valence-electron chi connectivity index (χ2n) is 5.55. The molecular formula is C13H21N3S. The summed E-state index contributed by atoms with van der Waals surface area (Å²) in [4.78, 5) is 8.49. The van der Waals surface area contributed by atoms with Crippen LogP contribution in [0.1, 0.15) is 39.5 Å². The molecule has 1 aromatic rings. The number of nitrogens with one attached hydrogen (secondary N) is 1. The van der Waals surface area contributed by atoms with Crippen LogP contribution in [0.25, 0.3) is 0 Å². The summed E-state index contributed by atoms with van der Waals surface area (Å²) in [6, 6.07) is 2.59. The van der Waals surface area contributed by atoms with Gasteiger partial charge in [0, 0.05) is 12.1 Å². The van der Waals surface area contributed by atoms with E-state index in [-0.39, 0.29) is 0 Å². The van der Waals surface area contributed by atoms with Gasteiger partial charge in [-0.05, 0) is 30.9 Å². The lowest BCUT2D eigenvalue weighted by molar-refractivity contribution is 0.229. The van der Waals surface area contributed by atoms with Gasteiger partial charge in [0.15, 0.2) is 0 Å². The van der Waals surface area contributed by atoms with Gasteiger partial charge in [-0.1, -0.05) is 20.3 Å². The average molecular weight is 251 g/mol. The maximum absolute atomic E-state index is 4.29. The Morgan fingerprint density at radius 3 is 2.94 bits per heavy atom. The third kappa shape index (κ3) is 3.60. The van der Waals surface area contributed by atoms with Gasteiger partial charge in [0.2, 0.25) is 0 Å². The zero-order valence-electron chi connectivity index (χ0n) is 10.9. The zero-order chi connectivity index (χ0) is 12.3. The first kappa shape index (κ1) is 12.7. The molecule has 1 atom stereocenters. The summed E-state index contributed by atoms with van der Waals surface area (Å²) in [7, 11) is 0. The van der Waals surface area contributed by atoms with Crippen LogP contribution in [-0.4, -0.2) is 22.3 Å². The van der Waals surface area contributed by atoms with Crippen LogP contribution in [0.2, 0.25) is 0 Å². The molecule has 0 amide bonds. The van der Waals surface area contributed by atoms with Crippen molar-refractivity contribution in [1.29, 1.82) is 0 Å². The van der Waals surface area contributed by atoms with Gasteiger partial charge in [0.25, 0.3) is 0 Å². The Morgan fingerprint density at radius 1 is 1.41 bits per heavy atom. The second-order valence-corrected chi connectivity index (χ2v) is 6.37. The summed E-state index contributed by atoms with van der Waals surface area (Å²) in [6.45, 7) is 4.71. The Balaban J connectivity index is 2.00. The minimum Gasteiger partial charge on any atom is -0.367 e. The van der Waals surface area contributed by atoms with E-state index in [1.54, 1.807) is 18.1 Å². The number of aromatic nitrogens is 2. The van der Waals surface area contributed by atoms with E-state index in [2.05, 4.69) is 29.1 Å². The van der Waals surface area contributed by atoms with Crippen molar-refractivity contribution >= 4 is 17.6 Å². The van der Waals surface area contributed by atoms with Gasteiger partial charge >= 0.3 is 0 Å². The van der Waals surface area contributed by atoms with Gasteiger partial charge in [0.1, 0.15) is 17.2 Å². The molecule has 0 aliphatic heterocycles. The highest BCUT2D eigenvalue weighted by Crippen LogP contribution is 2.36. The third-order valence-corrected chi connectivity index (χ3v) is 4.05. The molecule has 0 aromatic carbocycles. The SMILES string of the molecule is CSc1cc(NC2CCCC(C)(C)C2)ncn1. The topological polar surface area (TPSA) is 37.8 Å². The number of nitrogens with zero attached hydrogens (tertiary/aromatic N) is 2. The molecular weight excluding hydrogens is 230 g/mol. The monoisotopic (exact) mass is 251 g/mol. The highest BCUT2D eigenvalue weighted by atomic mass is 32.2. The summed E-state index contributed by atoms with van der Waals surface area (Å²) < 4.78 is 0. The fourth-order valence-corrected chi connectivity index (χ4v) is 2.94. The molecule has 3 nitrogen and oxygen atoms in total. The van der Waals surface area contributed by atoms with Gasteiger partial charge < -0.3 is 5.32 Å². The van der Waals surface area contributed by atoms with Gasteiger partial charge in [-0.15, -0.1) is 11.8 Å². The van der Waals surface area contributed by atoms with Crippen LogP contribution in [0.3, 0.4) is 0 Å². The summed E-state index contributed by atoms with van der Waals surface area (Å²) in [5.74, 6) is 0.965. The van der Waals surface area contributed by atoms with Crippen molar-refractivity contribution in [2.24, 2.45) is 5.41 Å². The molecule has 1 heterocycles. The zero-order valence-corrected chi connectivity index (χ0v) is 11.7. The molecule has 1 fully saturated rings. The van der Waals surface area contributed by atoms with Crippen molar-refractivity contribution < 1.29 is 0 Å². The molecule has 0 saturated heterocycles. The van der Waals surface area contributed by atoms with E-state index in [4.69, 9.17) is 0 Å². The minimum atomic E-state index is 0.464. The summed E-state index contributed by atoms with van der Waals surface area (Å²) in [5, 5.41) is 4.57. The molecule has 94 valence electrons. The Bertz CT molecular complexity index is 379. The van der Waals surface area contributed by atoms with Gasteiger partial charge in [-0.25, -0.2) is 9.97 Å². The van der Waals surface area contributed by atoms with Crippen LogP contribution >= 0.6 is 11.8 Å². The van der Waals surface area contributed by atoms with Crippen LogP contribution in [-0.2, 0) is 0 Å². The first-order chi connectivity index (χ1) is 8.09. The van der Waals surface area contributed by atoms with Crippen molar-refractivity contribution in [3.05, 3.63) is 12.4 Å². The molecule has 0 bridgehead atoms. The molecule has 1 aromatic heterocycles. The van der Waals surface area contributed by atoms with E-state index in [1.807, 2.05) is 12.3 Å². The van der Waals surface area contributed by atoms with Crippen molar-refractivity contribution in [2.45, 2.75) is 50.6 Å². The summed E-state index contributed by atoms with van der Waals surface area (Å²) in [6.07, 6.45) is 8.81. The van der Waals surface area contributed by atoms with E-state index in [0.717, 1.165) is 10.8 Å². The molecule has 2 rings (SSSR count). The molecule has 1 unspecified atom stereocenters. The number of thioether (sulfide) groups is 1. The Labute approximate surface area is 108 Å². The van der Waals surface area contributed by atoms with Crippen LogP contribution in [0.5, 0.6) is 0 Å². The first-order valence-corrected chi connectivity index (χ1v) is 7.44. The minimum absolute atomic E-state index is 0.464. The standard InChI is InChI=1S/C13H21N3S/c1-13(2)6-4-5-10(8-13)16-11-7-12(17-3)15-9-14-11/h7,9-10H,4-6,8H2,1-3H3,(H,14,15,16). The molecule has 1 aliphatic carbocycles. The normalized spacial score (nSPS) is 23.4. The third-order valence-electron chi connectivity index (χ3n) is 3.41. The predicted molar refractivity (Wildman–Crippen MR) is 73.5 cm³/mol. The van der Waals surface area contributed by atoms with Gasteiger partial charge in [-0.3, -0.25) is 0 Å². The fourth-order valence-electron chi connectivity index (χ4n) is 2.56. The molecule has 1 aliphatic rings. The second kappa shape index (κ2) is 5.25. The van der Waals surface area contributed by atoms with Crippen LogP contribution in [0.4, 0.5) is 5.82 Å². The predicted octanol–water partition coefficient (Wildman–Crippen LogP) is 3.58. The van der Waals surface area contributed by atoms with E-state index >= 15 is 0 Å².